The van der Waals surface area contributed by atoms with Gasteiger partial charge in [0.2, 0.25) is 5.91 Å². The highest BCUT2D eigenvalue weighted by atomic mass is 35.5. The second-order valence-corrected chi connectivity index (χ2v) is 5.77. The third kappa shape index (κ3) is 6.69. The van der Waals surface area contributed by atoms with E-state index in [0.717, 1.165) is 23.4 Å². The van der Waals surface area contributed by atoms with Crippen LogP contribution in [-0.4, -0.2) is 18.2 Å². The van der Waals surface area contributed by atoms with Crippen LogP contribution in [0, 0.1) is 6.92 Å². The summed E-state index contributed by atoms with van der Waals surface area (Å²) >= 11 is 0. The number of halogens is 1. The van der Waals surface area contributed by atoms with Crippen LogP contribution >= 0.6 is 12.4 Å². The Morgan fingerprint density at radius 2 is 1.64 bits per heavy atom. The first-order valence-electron chi connectivity index (χ1n) is 8.28. The minimum absolute atomic E-state index is 0. The van der Waals surface area contributed by atoms with Gasteiger partial charge in [0.05, 0.1) is 0 Å². The normalized spacial score (nSPS) is 10.0. The van der Waals surface area contributed by atoms with Crippen LogP contribution < -0.4 is 10.6 Å². The molecule has 2 aromatic carbocycles. The SMILES string of the molecule is CCNCc1ccccc1NC(=O)CCC(=O)c1ccc(C)cc1.Cl. The van der Waals surface area contributed by atoms with E-state index >= 15 is 0 Å². The van der Waals surface area contributed by atoms with Gasteiger partial charge in [0.15, 0.2) is 5.78 Å². The molecule has 0 radical (unpaired) electrons. The van der Waals surface area contributed by atoms with Gasteiger partial charge >= 0.3 is 0 Å². The zero-order valence-electron chi connectivity index (χ0n) is 14.7. The summed E-state index contributed by atoms with van der Waals surface area (Å²) < 4.78 is 0. The second kappa shape index (κ2) is 10.6. The number of rotatable bonds is 8. The molecule has 0 fully saturated rings. The van der Waals surface area contributed by atoms with Crippen LogP contribution in [0.5, 0.6) is 0 Å². The number of amides is 1. The fourth-order valence-electron chi connectivity index (χ4n) is 2.38. The summed E-state index contributed by atoms with van der Waals surface area (Å²) in [7, 11) is 0. The summed E-state index contributed by atoms with van der Waals surface area (Å²) in [5, 5.41) is 6.15. The maximum absolute atomic E-state index is 12.1. The number of para-hydroxylation sites is 1. The van der Waals surface area contributed by atoms with Crippen LogP contribution in [0.3, 0.4) is 0 Å². The number of aryl methyl sites for hydroxylation is 1. The summed E-state index contributed by atoms with van der Waals surface area (Å²) in [5.41, 5.74) is 3.60. The van der Waals surface area contributed by atoms with E-state index in [-0.39, 0.29) is 36.9 Å². The van der Waals surface area contributed by atoms with Gasteiger partial charge in [0.1, 0.15) is 0 Å². The van der Waals surface area contributed by atoms with E-state index in [2.05, 4.69) is 10.6 Å². The Labute approximate surface area is 155 Å². The highest BCUT2D eigenvalue weighted by Gasteiger charge is 2.11. The number of Topliss-reactive ketones (excluding diaryl/α,β-unsaturated/α-hetero) is 1. The quantitative estimate of drug-likeness (QED) is 0.696. The van der Waals surface area contributed by atoms with Crippen LogP contribution in [0.2, 0.25) is 0 Å². The molecule has 2 rings (SSSR count). The molecule has 0 spiro atoms. The van der Waals surface area contributed by atoms with Crippen LogP contribution in [-0.2, 0) is 11.3 Å². The van der Waals surface area contributed by atoms with Crippen molar-refractivity contribution in [3.05, 3.63) is 65.2 Å². The Morgan fingerprint density at radius 3 is 2.32 bits per heavy atom. The Kier molecular flexibility index (Phi) is 8.89. The first-order chi connectivity index (χ1) is 11.6. The lowest BCUT2D eigenvalue weighted by molar-refractivity contribution is -0.116. The number of hydrogen-bond donors (Lipinski definition) is 2. The summed E-state index contributed by atoms with van der Waals surface area (Å²) in [6.07, 6.45) is 0.395. The third-order valence-corrected chi connectivity index (χ3v) is 3.81. The number of hydrogen-bond acceptors (Lipinski definition) is 3. The van der Waals surface area contributed by atoms with E-state index in [1.54, 1.807) is 12.1 Å². The number of carbonyl (C=O) groups is 2. The molecule has 0 bridgehead atoms. The highest BCUT2D eigenvalue weighted by molar-refractivity contribution is 6.00. The number of carbonyl (C=O) groups excluding carboxylic acids is 2. The molecule has 25 heavy (non-hydrogen) atoms. The third-order valence-electron chi connectivity index (χ3n) is 3.81. The summed E-state index contributed by atoms with van der Waals surface area (Å²) in [6, 6.07) is 15.1. The largest absolute Gasteiger partial charge is 0.326 e. The molecule has 2 aromatic rings. The van der Waals surface area contributed by atoms with Crippen LogP contribution in [0.25, 0.3) is 0 Å². The summed E-state index contributed by atoms with van der Waals surface area (Å²) in [4.78, 5) is 24.3. The molecule has 5 heteroatoms. The molecule has 134 valence electrons. The van der Waals surface area contributed by atoms with Crippen molar-refractivity contribution in [1.29, 1.82) is 0 Å². The predicted octanol–water partition coefficient (Wildman–Crippen LogP) is 4.13. The molecule has 4 nitrogen and oxygen atoms in total. The average Bonchev–Trinajstić information content (AvgIpc) is 2.59. The van der Waals surface area contributed by atoms with Gasteiger partial charge < -0.3 is 10.6 Å². The molecule has 0 aliphatic rings. The van der Waals surface area contributed by atoms with Crippen LogP contribution in [0.1, 0.15) is 41.3 Å². The first kappa shape index (κ1) is 20.9. The molecule has 0 saturated carbocycles. The topological polar surface area (TPSA) is 58.2 Å². The molecule has 1 amide bonds. The smallest absolute Gasteiger partial charge is 0.224 e. The standard InChI is InChI=1S/C20H24N2O2.ClH/c1-3-21-14-17-6-4-5-7-18(17)22-20(24)13-12-19(23)16-10-8-15(2)9-11-16;/h4-11,21H,3,12-14H2,1-2H3,(H,22,24);1H. The van der Waals surface area contributed by atoms with E-state index in [1.807, 2.05) is 50.2 Å². The lowest BCUT2D eigenvalue weighted by atomic mass is 10.0. The average molecular weight is 361 g/mol. The van der Waals surface area contributed by atoms with Gasteiger partial charge in [0.25, 0.3) is 0 Å². The van der Waals surface area contributed by atoms with E-state index in [9.17, 15) is 9.59 Å². The maximum atomic E-state index is 12.1. The predicted molar refractivity (Wildman–Crippen MR) is 104 cm³/mol. The van der Waals surface area contributed by atoms with Crippen molar-refractivity contribution in [1.82, 2.24) is 5.32 Å². The monoisotopic (exact) mass is 360 g/mol. The van der Waals surface area contributed by atoms with Crippen molar-refractivity contribution in [2.75, 3.05) is 11.9 Å². The van der Waals surface area contributed by atoms with E-state index in [1.165, 1.54) is 0 Å². The molecule has 0 aliphatic heterocycles. The van der Waals surface area contributed by atoms with E-state index in [0.29, 0.717) is 12.1 Å². The van der Waals surface area contributed by atoms with E-state index < -0.39 is 0 Å². The Bertz CT molecular complexity index is 699. The molecule has 0 heterocycles. The summed E-state index contributed by atoms with van der Waals surface area (Å²) in [6.45, 7) is 5.59. The minimum Gasteiger partial charge on any atom is -0.326 e. The van der Waals surface area contributed by atoms with Gasteiger partial charge in [-0.25, -0.2) is 0 Å². The zero-order valence-corrected chi connectivity index (χ0v) is 15.5. The molecule has 0 unspecified atom stereocenters. The molecule has 0 aromatic heterocycles. The Morgan fingerprint density at radius 1 is 0.960 bits per heavy atom. The van der Waals surface area contributed by atoms with Gasteiger partial charge in [-0.05, 0) is 25.1 Å². The summed E-state index contributed by atoms with van der Waals surface area (Å²) in [5.74, 6) is -0.148. The first-order valence-corrected chi connectivity index (χ1v) is 8.28. The number of benzene rings is 2. The molecule has 0 atom stereocenters. The Balaban J connectivity index is 0.00000312. The molecule has 0 saturated heterocycles. The van der Waals surface area contributed by atoms with Crippen molar-refractivity contribution >= 4 is 29.8 Å². The van der Waals surface area contributed by atoms with Crippen LogP contribution in [0.4, 0.5) is 5.69 Å². The lowest BCUT2D eigenvalue weighted by Gasteiger charge is -2.11. The van der Waals surface area contributed by atoms with Gasteiger partial charge in [-0.3, -0.25) is 9.59 Å². The second-order valence-electron chi connectivity index (χ2n) is 5.77. The van der Waals surface area contributed by atoms with E-state index in [4.69, 9.17) is 0 Å². The molecule has 2 N–H and O–H groups in total. The zero-order chi connectivity index (χ0) is 17.4. The lowest BCUT2D eigenvalue weighted by Crippen LogP contribution is -2.17. The molecular formula is C20H25ClN2O2. The van der Waals surface area contributed by atoms with Crippen molar-refractivity contribution in [2.24, 2.45) is 0 Å². The number of nitrogens with one attached hydrogen (secondary N) is 2. The fourth-order valence-corrected chi connectivity index (χ4v) is 2.38. The van der Waals surface area contributed by atoms with Crippen molar-refractivity contribution in [3.8, 4) is 0 Å². The number of ketones is 1. The minimum atomic E-state index is -0.139. The van der Waals surface area contributed by atoms with Gasteiger partial charge in [-0.1, -0.05) is 55.0 Å². The van der Waals surface area contributed by atoms with Crippen molar-refractivity contribution in [2.45, 2.75) is 33.2 Å². The molecular weight excluding hydrogens is 336 g/mol. The van der Waals surface area contributed by atoms with Gasteiger partial charge in [-0.15, -0.1) is 12.4 Å². The van der Waals surface area contributed by atoms with Crippen molar-refractivity contribution in [3.63, 3.8) is 0 Å². The van der Waals surface area contributed by atoms with Crippen molar-refractivity contribution < 1.29 is 9.59 Å². The molecule has 0 aliphatic carbocycles. The van der Waals surface area contributed by atoms with Crippen LogP contribution in [0.15, 0.2) is 48.5 Å². The number of anilines is 1. The maximum Gasteiger partial charge on any atom is 0.224 e. The van der Waals surface area contributed by atoms with Gasteiger partial charge in [-0.2, -0.15) is 0 Å². The fraction of sp³-hybridized carbons (Fsp3) is 0.300. The van der Waals surface area contributed by atoms with Gasteiger partial charge in [0, 0.05) is 30.6 Å². The Hall–Kier alpha value is -2.17. The highest BCUT2D eigenvalue weighted by Crippen LogP contribution is 2.16.